The smallest absolute Gasteiger partial charge is 0.493 e. The van der Waals surface area contributed by atoms with E-state index in [-0.39, 0.29) is 16.5 Å². The van der Waals surface area contributed by atoms with Gasteiger partial charge in [0.25, 0.3) is 0 Å². The molecule has 2 aromatic rings. The Labute approximate surface area is 430 Å². The summed E-state index contributed by atoms with van der Waals surface area (Å²) in [5, 5.41) is 0. The maximum absolute atomic E-state index is 12.8. The van der Waals surface area contributed by atoms with Crippen molar-refractivity contribution in [2.75, 3.05) is 0 Å². The van der Waals surface area contributed by atoms with E-state index in [1.165, 1.54) is 211 Å². The minimum atomic E-state index is 0. The largest absolute Gasteiger partial charge is 2.00 e. The van der Waals surface area contributed by atoms with Gasteiger partial charge in [-0.2, -0.15) is 12.8 Å². The predicted molar refractivity (Wildman–Crippen MR) is 298 cm³/mol. The minimum Gasteiger partial charge on any atom is -0.493 e. The molecule has 3 rings (SSSR count). The summed E-state index contributed by atoms with van der Waals surface area (Å²) in [4.78, 5) is 0. The number of aryl methyl sites for hydroxylation is 4. The fraction of sp³-hybridized carbons (Fsp3) is 0.719. The Kier molecular flexibility index (Phi) is 43.8. The summed E-state index contributed by atoms with van der Waals surface area (Å²) >= 11 is 0. The summed E-state index contributed by atoms with van der Waals surface area (Å²) in [6.45, 7) is 25.3. The molecule has 0 radical (unpaired) electrons. The first-order chi connectivity index (χ1) is 32.3. The second kappa shape index (κ2) is 45.2. The molecular weight excluding hydrogens is 855 g/mol. The molecule has 1 aliphatic heterocycles. The molecule has 386 valence electrons. The van der Waals surface area contributed by atoms with Gasteiger partial charge in [0.2, 0.25) is 11.4 Å². The van der Waals surface area contributed by atoms with E-state index < -0.39 is 0 Å². The number of rotatable bonds is 38. The number of nitrogens with zero attached hydrogens (tertiary/aromatic N) is 2. The van der Waals surface area contributed by atoms with Crippen LogP contribution in [0.15, 0.2) is 47.5 Å². The van der Waals surface area contributed by atoms with Gasteiger partial charge in [-0.25, -0.2) is 4.70 Å². The second-order valence-corrected chi connectivity index (χ2v) is 20.0. The van der Waals surface area contributed by atoms with Crippen LogP contribution in [0.5, 0.6) is 0 Å². The van der Waals surface area contributed by atoms with Crippen molar-refractivity contribution in [1.29, 1.82) is 0 Å². The van der Waals surface area contributed by atoms with Crippen molar-refractivity contribution in [3.05, 3.63) is 100 Å². The van der Waals surface area contributed by atoms with Gasteiger partial charge in [-0.15, -0.1) is 0 Å². The third-order valence-electron chi connectivity index (χ3n) is 13.6. The molecular formula is C64H110N2Ni. The van der Waals surface area contributed by atoms with Crippen molar-refractivity contribution < 1.29 is 21.2 Å². The zero-order valence-corrected chi connectivity index (χ0v) is 46.9. The van der Waals surface area contributed by atoms with E-state index in [0.717, 1.165) is 88.4 Å². The van der Waals surface area contributed by atoms with Crippen LogP contribution in [0.3, 0.4) is 0 Å². The molecule has 0 bridgehead atoms. The van der Waals surface area contributed by atoms with Crippen LogP contribution in [0, 0.1) is 13.8 Å². The van der Waals surface area contributed by atoms with E-state index in [2.05, 4.69) is 106 Å². The van der Waals surface area contributed by atoms with E-state index in [1.807, 2.05) is 0 Å². The molecule has 1 aliphatic rings. The summed E-state index contributed by atoms with van der Waals surface area (Å²) in [6, 6.07) is 14.9. The van der Waals surface area contributed by atoms with Gasteiger partial charge >= 0.3 is 16.5 Å². The van der Waals surface area contributed by atoms with Crippen LogP contribution in [0.2, 0.25) is 0 Å². The molecule has 0 saturated heterocycles. The van der Waals surface area contributed by atoms with Crippen LogP contribution in [0.1, 0.15) is 307 Å². The fourth-order valence-electron chi connectivity index (χ4n) is 9.31. The van der Waals surface area contributed by atoms with Gasteiger partial charge in [0, 0.05) is 22.3 Å². The van der Waals surface area contributed by atoms with E-state index in [1.54, 1.807) is 4.70 Å². The van der Waals surface area contributed by atoms with Crippen LogP contribution in [0.4, 0.5) is 0 Å². The van der Waals surface area contributed by atoms with Crippen LogP contribution < -0.4 is 0 Å². The van der Waals surface area contributed by atoms with Crippen molar-refractivity contribution >= 4 is 11.4 Å². The Morgan fingerprint density at radius 1 is 0.313 bits per heavy atom. The van der Waals surface area contributed by atoms with Crippen molar-refractivity contribution in [3.8, 4) is 0 Å². The van der Waals surface area contributed by atoms with Crippen molar-refractivity contribution in [2.24, 2.45) is 0 Å². The maximum Gasteiger partial charge on any atom is 2.00 e. The third kappa shape index (κ3) is 29.1. The Hall–Kier alpha value is -1.99. The molecule has 0 unspecified atom stereocenters. The Bertz CT molecular complexity index is 1360. The molecule has 67 heavy (non-hydrogen) atoms. The van der Waals surface area contributed by atoms with E-state index >= 15 is 0 Å². The Balaban J connectivity index is 0.00000446. The van der Waals surface area contributed by atoms with Gasteiger partial charge in [0.05, 0.1) is 0 Å². The van der Waals surface area contributed by atoms with Gasteiger partial charge in [-0.1, -0.05) is 222 Å². The zero-order valence-electron chi connectivity index (χ0n) is 46.0. The summed E-state index contributed by atoms with van der Waals surface area (Å²) < 4.78 is 1.70. The predicted octanol–water partition coefficient (Wildman–Crippen LogP) is 22.1. The number of hydrogen-bond donors (Lipinski definition) is 0. The molecule has 0 atom stereocenters. The third-order valence-corrected chi connectivity index (χ3v) is 13.6. The van der Waals surface area contributed by atoms with Crippen molar-refractivity contribution in [3.63, 3.8) is 0 Å². The van der Waals surface area contributed by atoms with Gasteiger partial charge in [0.1, 0.15) is 0 Å². The summed E-state index contributed by atoms with van der Waals surface area (Å²) in [5.41, 5.74) is 26.1. The first-order valence-corrected chi connectivity index (χ1v) is 29.1. The average Bonchev–Trinajstić information content (AvgIpc) is 3.61. The quantitative estimate of drug-likeness (QED) is 0.0277. The molecule has 2 aromatic carbocycles. The van der Waals surface area contributed by atoms with E-state index in [4.69, 9.17) is 0 Å². The minimum absolute atomic E-state index is 0. The van der Waals surface area contributed by atoms with Crippen molar-refractivity contribution in [2.45, 2.75) is 299 Å². The normalized spacial score (nSPS) is 12.3. The van der Waals surface area contributed by atoms with E-state index in [0.29, 0.717) is 0 Å². The molecule has 0 aromatic heterocycles. The Morgan fingerprint density at radius 2 is 0.537 bits per heavy atom. The molecule has 0 amide bonds. The number of hydrogen-bond acceptors (Lipinski definition) is 0. The van der Waals surface area contributed by atoms with Gasteiger partial charge in [-0.05, 0) is 124 Å². The van der Waals surface area contributed by atoms with Crippen LogP contribution in [-0.4, -0.2) is 4.70 Å². The van der Waals surface area contributed by atoms with Crippen LogP contribution in [-0.2, 0) is 42.2 Å². The molecule has 2 nitrogen and oxygen atoms in total. The average molecular weight is 966 g/mol. The first-order valence-electron chi connectivity index (χ1n) is 29.1. The van der Waals surface area contributed by atoms with E-state index in [9.17, 15) is 5.53 Å². The Morgan fingerprint density at radius 3 is 0.761 bits per heavy atom. The monoisotopic (exact) mass is 965 g/mol. The number of benzene rings is 2. The van der Waals surface area contributed by atoms with Gasteiger partial charge in [0.15, 0.2) is 0 Å². The van der Waals surface area contributed by atoms with Crippen LogP contribution >= 0.6 is 0 Å². The summed E-state index contributed by atoms with van der Waals surface area (Å²) in [5.74, 6) is 0. The summed E-state index contributed by atoms with van der Waals surface area (Å²) in [7, 11) is 0. The maximum atomic E-state index is 12.8. The SMILES string of the molecule is CCCCCCCCc1cc(CCCCCCCC)cc(C2=C(CCCC)C(CCCC)=C(c3cc(CCCCCCCC)cc(CCCCCCCC)c3)[N+]2=[N-])c1.[CH2-]CCC.[CH2-]CCC.[Ni+2]. The van der Waals surface area contributed by atoms with Crippen LogP contribution in [0.25, 0.3) is 16.9 Å². The second-order valence-electron chi connectivity index (χ2n) is 20.0. The molecule has 0 N–H and O–H groups in total. The van der Waals surface area contributed by atoms with Gasteiger partial charge < -0.3 is 19.4 Å². The molecule has 3 heteroatoms. The fourth-order valence-corrected chi connectivity index (χ4v) is 9.31. The molecule has 1 heterocycles. The standard InChI is InChI=1S/C56H92N2.2C4H9.Ni/c1-7-13-19-23-27-31-35-47-41-48(36-32-28-24-20-14-8-2)44-51(43-47)55-53(39-17-11-5)54(40-18-12-6)56(58(55)57)52-45-49(37-33-29-25-21-15-9-3)42-50(46-52)38-34-30-26-22-16-10-4;2*1-3-4-2;/h41-46H,7-40H2,1-6H3;2*1,3-4H2,2H3;/q;2*-1;+2. The van der Waals surface area contributed by atoms with Crippen molar-refractivity contribution in [1.82, 2.24) is 0 Å². The molecule has 0 saturated carbocycles. The first kappa shape index (κ1) is 65.0. The molecule has 0 aliphatic carbocycles. The summed E-state index contributed by atoms with van der Waals surface area (Å²) in [6.07, 6.45) is 47.6. The number of allylic oxidation sites excluding steroid dienone is 2. The zero-order chi connectivity index (χ0) is 48.5. The topological polar surface area (TPSA) is 25.3 Å². The number of unbranched alkanes of at least 4 members (excludes halogenated alkanes) is 24. The van der Waals surface area contributed by atoms with Gasteiger partial charge in [-0.3, -0.25) is 0 Å². The molecule has 0 fully saturated rings. The molecule has 0 spiro atoms.